The number of aromatic amines is 1. The number of amides is 1. The lowest BCUT2D eigenvalue weighted by atomic mass is 9.96. The van der Waals surface area contributed by atoms with E-state index in [9.17, 15) is 9.59 Å². The van der Waals surface area contributed by atoms with Gasteiger partial charge in [0.25, 0.3) is 11.5 Å². The van der Waals surface area contributed by atoms with E-state index in [0.717, 1.165) is 23.5 Å². The first-order valence-electron chi connectivity index (χ1n) is 8.37. The standard InChI is InChI=1S/C19H21ClN2O4/c1-10-16(19(24)22-11(2)17(10)20)18(23)21-8-12-6-13-4-5-14(25-3)7-15(13)26-9-12/h4-5,7,12H,6,8-9H2,1-3H3,(H,21,23)(H,22,24)/t12-/m1/s1. The number of hydrogen-bond acceptors (Lipinski definition) is 4. The third-order valence-electron chi connectivity index (χ3n) is 4.60. The van der Waals surface area contributed by atoms with Crippen LogP contribution in [0.1, 0.15) is 27.2 Å². The number of halogens is 1. The molecule has 1 amide bonds. The second-order valence-electron chi connectivity index (χ2n) is 6.46. The molecule has 7 heteroatoms. The lowest BCUT2D eigenvalue weighted by Crippen LogP contribution is -2.37. The van der Waals surface area contributed by atoms with Crippen molar-refractivity contribution in [2.75, 3.05) is 20.3 Å². The number of carbonyl (C=O) groups is 1. The summed E-state index contributed by atoms with van der Waals surface area (Å²) in [4.78, 5) is 27.2. The number of rotatable bonds is 4. The second-order valence-corrected chi connectivity index (χ2v) is 6.84. The van der Waals surface area contributed by atoms with Crippen molar-refractivity contribution in [3.05, 3.63) is 56.0 Å². The Hall–Kier alpha value is -2.47. The first-order valence-corrected chi connectivity index (χ1v) is 8.75. The minimum Gasteiger partial charge on any atom is -0.497 e. The fourth-order valence-electron chi connectivity index (χ4n) is 3.12. The molecule has 1 aromatic heterocycles. The zero-order chi connectivity index (χ0) is 18.8. The Bertz CT molecular complexity index is 907. The van der Waals surface area contributed by atoms with E-state index >= 15 is 0 Å². The highest BCUT2D eigenvalue weighted by atomic mass is 35.5. The van der Waals surface area contributed by atoms with Gasteiger partial charge in [0.05, 0.1) is 18.7 Å². The SMILES string of the molecule is COc1ccc2c(c1)OC[C@@H](CNC(=O)c1c(C)c(Cl)c(C)[nH]c1=O)C2. The number of nitrogens with one attached hydrogen (secondary N) is 2. The Kier molecular flexibility index (Phi) is 5.23. The average Bonchev–Trinajstić information content (AvgIpc) is 2.64. The molecule has 0 spiro atoms. The number of methoxy groups -OCH3 is 1. The Labute approximate surface area is 156 Å². The van der Waals surface area contributed by atoms with E-state index in [4.69, 9.17) is 21.1 Å². The van der Waals surface area contributed by atoms with Crippen molar-refractivity contribution in [2.24, 2.45) is 5.92 Å². The normalized spacial score (nSPS) is 15.8. The molecule has 1 aliphatic heterocycles. The van der Waals surface area contributed by atoms with Crippen molar-refractivity contribution < 1.29 is 14.3 Å². The zero-order valence-electron chi connectivity index (χ0n) is 14.9. The molecule has 0 saturated heterocycles. The van der Waals surface area contributed by atoms with Gasteiger partial charge in [-0.05, 0) is 37.5 Å². The van der Waals surface area contributed by atoms with Crippen LogP contribution in [0.4, 0.5) is 0 Å². The maximum Gasteiger partial charge on any atom is 0.261 e. The molecule has 2 heterocycles. The van der Waals surface area contributed by atoms with Crippen LogP contribution >= 0.6 is 11.6 Å². The largest absolute Gasteiger partial charge is 0.497 e. The smallest absolute Gasteiger partial charge is 0.261 e. The first kappa shape index (κ1) is 18.3. The predicted octanol–water partition coefficient (Wildman–Crippen LogP) is 2.63. The molecule has 3 rings (SSSR count). The minimum absolute atomic E-state index is 0.0578. The van der Waals surface area contributed by atoms with Crippen molar-refractivity contribution in [1.29, 1.82) is 0 Å². The molecule has 0 saturated carbocycles. The second kappa shape index (κ2) is 7.41. The summed E-state index contributed by atoms with van der Waals surface area (Å²) in [6, 6.07) is 5.72. The summed E-state index contributed by atoms with van der Waals surface area (Å²) in [6.07, 6.45) is 0.781. The lowest BCUT2D eigenvalue weighted by molar-refractivity contribution is 0.0937. The van der Waals surface area contributed by atoms with Crippen LogP contribution in [0.25, 0.3) is 0 Å². The predicted molar refractivity (Wildman–Crippen MR) is 99.6 cm³/mol. The topological polar surface area (TPSA) is 80.4 Å². The van der Waals surface area contributed by atoms with Gasteiger partial charge in [-0.25, -0.2) is 0 Å². The molecule has 2 aromatic rings. The Balaban J connectivity index is 1.68. The van der Waals surface area contributed by atoms with Crippen molar-refractivity contribution >= 4 is 17.5 Å². The molecular formula is C19H21ClN2O4. The van der Waals surface area contributed by atoms with Crippen LogP contribution < -0.4 is 20.3 Å². The summed E-state index contributed by atoms with van der Waals surface area (Å²) < 4.78 is 11.0. The third kappa shape index (κ3) is 3.55. The summed E-state index contributed by atoms with van der Waals surface area (Å²) in [5, 5.41) is 3.23. The molecule has 0 aliphatic carbocycles. The van der Waals surface area contributed by atoms with Gasteiger partial charge in [-0.3, -0.25) is 9.59 Å². The van der Waals surface area contributed by atoms with Crippen LogP contribution in [-0.4, -0.2) is 31.2 Å². The van der Waals surface area contributed by atoms with Crippen LogP contribution in [0.3, 0.4) is 0 Å². The van der Waals surface area contributed by atoms with Gasteiger partial charge in [-0.15, -0.1) is 0 Å². The van der Waals surface area contributed by atoms with Gasteiger partial charge in [-0.1, -0.05) is 17.7 Å². The molecule has 6 nitrogen and oxygen atoms in total. The van der Waals surface area contributed by atoms with Crippen molar-refractivity contribution in [3.63, 3.8) is 0 Å². The van der Waals surface area contributed by atoms with Gasteiger partial charge in [0.2, 0.25) is 0 Å². The number of aryl methyl sites for hydroxylation is 1. The van der Waals surface area contributed by atoms with Crippen molar-refractivity contribution in [1.82, 2.24) is 10.3 Å². The number of fused-ring (bicyclic) bond motifs is 1. The number of H-pyrrole nitrogens is 1. The number of hydrogen-bond donors (Lipinski definition) is 2. The summed E-state index contributed by atoms with van der Waals surface area (Å²) in [6.45, 7) is 4.27. The molecule has 0 radical (unpaired) electrons. The van der Waals surface area contributed by atoms with E-state index in [1.807, 2.05) is 18.2 Å². The highest BCUT2D eigenvalue weighted by molar-refractivity contribution is 6.32. The van der Waals surface area contributed by atoms with Gasteiger partial charge in [0, 0.05) is 24.2 Å². The monoisotopic (exact) mass is 376 g/mol. The molecule has 0 unspecified atom stereocenters. The molecule has 1 atom stereocenters. The third-order valence-corrected chi connectivity index (χ3v) is 5.16. The number of benzene rings is 1. The summed E-state index contributed by atoms with van der Waals surface area (Å²) in [5.41, 5.74) is 1.74. The molecule has 1 aliphatic rings. The number of aromatic nitrogens is 1. The van der Waals surface area contributed by atoms with E-state index < -0.39 is 11.5 Å². The fraction of sp³-hybridized carbons (Fsp3) is 0.368. The summed E-state index contributed by atoms with van der Waals surface area (Å²) in [5.74, 6) is 1.26. The summed E-state index contributed by atoms with van der Waals surface area (Å²) >= 11 is 6.15. The fourth-order valence-corrected chi connectivity index (χ4v) is 3.26. The molecule has 2 N–H and O–H groups in total. The van der Waals surface area contributed by atoms with Gasteiger partial charge >= 0.3 is 0 Å². The summed E-state index contributed by atoms with van der Waals surface area (Å²) in [7, 11) is 1.61. The number of pyridine rings is 1. The van der Waals surface area contributed by atoms with Gasteiger partial charge in [-0.2, -0.15) is 0 Å². The lowest BCUT2D eigenvalue weighted by Gasteiger charge is -2.26. The Morgan fingerprint density at radius 1 is 1.42 bits per heavy atom. The quantitative estimate of drug-likeness (QED) is 0.859. The van der Waals surface area contributed by atoms with Gasteiger partial charge in [0.1, 0.15) is 17.1 Å². The van der Waals surface area contributed by atoms with Crippen LogP contribution in [0.2, 0.25) is 5.02 Å². The van der Waals surface area contributed by atoms with Crippen LogP contribution in [0.15, 0.2) is 23.0 Å². The highest BCUT2D eigenvalue weighted by Crippen LogP contribution is 2.30. The van der Waals surface area contributed by atoms with Gasteiger partial charge < -0.3 is 19.8 Å². The average molecular weight is 377 g/mol. The van der Waals surface area contributed by atoms with Crippen LogP contribution in [0.5, 0.6) is 11.5 Å². The number of carbonyl (C=O) groups excluding carboxylic acids is 1. The molecular weight excluding hydrogens is 356 g/mol. The van der Waals surface area contributed by atoms with Gasteiger partial charge in [0.15, 0.2) is 0 Å². The minimum atomic E-state index is -0.431. The Morgan fingerprint density at radius 3 is 2.92 bits per heavy atom. The van der Waals surface area contributed by atoms with E-state index in [-0.39, 0.29) is 11.5 Å². The number of ether oxygens (including phenoxy) is 2. The maximum absolute atomic E-state index is 12.5. The molecule has 0 fully saturated rings. The Morgan fingerprint density at radius 2 is 2.19 bits per heavy atom. The van der Waals surface area contributed by atoms with Crippen molar-refractivity contribution in [2.45, 2.75) is 20.3 Å². The molecule has 0 bridgehead atoms. The van der Waals surface area contributed by atoms with Crippen molar-refractivity contribution in [3.8, 4) is 11.5 Å². The van der Waals surface area contributed by atoms with E-state index in [1.54, 1.807) is 21.0 Å². The van der Waals surface area contributed by atoms with Crippen LogP contribution in [0, 0.1) is 19.8 Å². The van der Waals surface area contributed by atoms with E-state index in [2.05, 4.69) is 10.3 Å². The molecule has 1 aromatic carbocycles. The zero-order valence-corrected chi connectivity index (χ0v) is 15.7. The molecule has 138 valence electrons. The highest BCUT2D eigenvalue weighted by Gasteiger charge is 2.23. The maximum atomic E-state index is 12.5. The van der Waals surface area contributed by atoms with Crippen LogP contribution in [-0.2, 0) is 6.42 Å². The van der Waals surface area contributed by atoms with E-state index in [0.29, 0.717) is 29.4 Å². The molecule has 26 heavy (non-hydrogen) atoms. The van der Waals surface area contributed by atoms with E-state index in [1.165, 1.54) is 0 Å². The first-order chi connectivity index (χ1) is 12.4.